The molecule has 0 bridgehead atoms. The summed E-state index contributed by atoms with van der Waals surface area (Å²) in [6.07, 6.45) is 6.14. The van der Waals surface area contributed by atoms with Gasteiger partial charge < -0.3 is 10.0 Å². The fraction of sp³-hybridized carbons (Fsp3) is 1.00. The second-order valence-corrected chi connectivity index (χ2v) is 6.40. The van der Waals surface area contributed by atoms with Crippen molar-refractivity contribution in [3.8, 4) is 0 Å². The van der Waals surface area contributed by atoms with Crippen molar-refractivity contribution in [3.63, 3.8) is 0 Å². The van der Waals surface area contributed by atoms with Gasteiger partial charge in [-0.15, -0.1) is 0 Å². The molecule has 0 radical (unpaired) electrons. The molecule has 16 heavy (non-hydrogen) atoms. The Morgan fingerprint density at radius 3 is 2.56 bits per heavy atom. The summed E-state index contributed by atoms with van der Waals surface area (Å²) < 4.78 is 0. The molecule has 1 aliphatic heterocycles. The van der Waals surface area contributed by atoms with Crippen LogP contribution in [0.25, 0.3) is 0 Å². The number of nitrogens with zero attached hydrogens (tertiary/aromatic N) is 1. The Labute approximate surface area is 101 Å². The van der Waals surface area contributed by atoms with Gasteiger partial charge in [0.05, 0.1) is 6.10 Å². The van der Waals surface area contributed by atoms with Crippen LogP contribution in [0.3, 0.4) is 0 Å². The van der Waals surface area contributed by atoms with E-state index in [1.54, 1.807) is 0 Å². The SMILES string of the molecule is CC1CCCCCN1CCC(O)C(C)(C)C. The Morgan fingerprint density at radius 2 is 1.94 bits per heavy atom. The maximum absolute atomic E-state index is 10.0. The van der Waals surface area contributed by atoms with Crippen LogP contribution in [0.2, 0.25) is 0 Å². The van der Waals surface area contributed by atoms with E-state index in [-0.39, 0.29) is 11.5 Å². The lowest BCUT2D eigenvalue weighted by Crippen LogP contribution is -2.37. The molecule has 1 saturated heterocycles. The van der Waals surface area contributed by atoms with Crippen LogP contribution in [0.4, 0.5) is 0 Å². The van der Waals surface area contributed by atoms with Crippen molar-refractivity contribution in [1.82, 2.24) is 4.90 Å². The number of aliphatic hydroxyl groups is 1. The zero-order valence-corrected chi connectivity index (χ0v) is 11.5. The summed E-state index contributed by atoms with van der Waals surface area (Å²) in [5, 5.41) is 10.0. The van der Waals surface area contributed by atoms with Gasteiger partial charge in [-0.2, -0.15) is 0 Å². The number of aliphatic hydroxyl groups excluding tert-OH is 1. The molecule has 1 N–H and O–H groups in total. The smallest absolute Gasteiger partial charge is 0.0600 e. The van der Waals surface area contributed by atoms with E-state index in [2.05, 4.69) is 32.6 Å². The van der Waals surface area contributed by atoms with Gasteiger partial charge in [-0.1, -0.05) is 33.6 Å². The van der Waals surface area contributed by atoms with Crippen LogP contribution in [-0.2, 0) is 0 Å². The normalized spacial score (nSPS) is 26.4. The van der Waals surface area contributed by atoms with Gasteiger partial charge in [-0.25, -0.2) is 0 Å². The number of likely N-dealkylation sites (tertiary alicyclic amines) is 1. The second-order valence-electron chi connectivity index (χ2n) is 6.40. The summed E-state index contributed by atoms with van der Waals surface area (Å²) in [6.45, 7) is 10.9. The fourth-order valence-electron chi connectivity index (χ4n) is 2.39. The molecule has 2 unspecified atom stereocenters. The van der Waals surface area contributed by atoms with E-state index in [1.165, 1.54) is 32.2 Å². The standard InChI is InChI=1S/C14H29NO/c1-12-8-6-5-7-10-15(12)11-9-13(16)14(2,3)4/h12-13,16H,5-11H2,1-4H3. The average molecular weight is 227 g/mol. The third-order valence-corrected chi connectivity index (χ3v) is 3.88. The number of hydrogen-bond donors (Lipinski definition) is 1. The van der Waals surface area contributed by atoms with E-state index in [4.69, 9.17) is 0 Å². The average Bonchev–Trinajstić information content (AvgIpc) is 2.38. The lowest BCUT2D eigenvalue weighted by molar-refractivity contribution is 0.0417. The van der Waals surface area contributed by atoms with Crippen LogP contribution in [0.5, 0.6) is 0 Å². The Kier molecular flexibility index (Phi) is 5.26. The van der Waals surface area contributed by atoms with Crippen LogP contribution in [0, 0.1) is 5.41 Å². The number of rotatable bonds is 3. The minimum atomic E-state index is -0.178. The van der Waals surface area contributed by atoms with Crippen LogP contribution >= 0.6 is 0 Å². The molecule has 2 nitrogen and oxygen atoms in total. The first-order valence-corrected chi connectivity index (χ1v) is 6.83. The van der Waals surface area contributed by atoms with Crippen molar-refractivity contribution in [2.45, 2.75) is 71.9 Å². The third-order valence-electron chi connectivity index (χ3n) is 3.88. The van der Waals surface area contributed by atoms with Gasteiger partial charge in [0.1, 0.15) is 0 Å². The summed E-state index contributed by atoms with van der Waals surface area (Å²) in [4.78, 5) is 2.56. The summed E-state index contributed by atoms with van der Waals surface area (Å²) in [5.41, 5.74) is 0.0229. The van der Waals surface area contributed by atoms with Gasteiger partial charge in [-0.3, -0.25) is 0 Å². The van der Waals surface area contributed by atoms with Gasteiger partial charge in [0.25, 0.3) is 0 Å². The summed E-state index contributed by atoms with van der Waals surface area (Å²) in [7, 11) is 0. The molecular formula is C14H29NO. The van der Waals surface area contributed by atoms with Crippen molar-refractivity contribution in [3.05, 3.63) is 0 Å². The van der Waals surface area contributed by atoms with Gasteiger partial charge in [0.15, 0.2) is 0 Å². The molecule has 0 saturated carbocycles. The quantitative estimate of drug-likeness (QED) is 0.801. The highest BCUT2D eigenvalue weighted by atomic mass is 16.3. The topological polar surface area (TPSA) is 23.5 Å². The zero-order valence-electron chi connectivity index (χ0n) is 11.5. The molecule has 1 rings (SSSR count). The van der Waals surface area contributed by atoms with E-state index in [0.717, 1.165) is 13.0 Å². The Morgan fingerprint density at radius 1 is 1.25 bits per heavy atom. The van der Waals surface area contributed by atoms with Crippen LogP contribution < -0.4 is 0 Å². The Bertz CT molecular complexity index is 197. The van der Waals surface area contributed by atoms with Gasteiger partial charge >= 0.3 is 0 Å². The predicted octanol–water partition coefficient (Wildman–Crippen LogP) is 3.05. The first-order valence-electron chi connectivity index (χ1n) is 6.83. The first kappa shape index (κ1) is 14.0. The summed E-state index contributed by atoms with van der Waals surface area (Å²) in [5.74, 6) is 0. The molecule has 0 aliphatic carbocycles. The fourth-order valence-corrected chi connectivity index (χ4v) is 2.39. The van der Waals surface area contributed by atoms with Gasteiger partial charge in [0.2, 0.25) is 0 Å². The van der Waals surface area contributed by atoms with Crippen LogP contribution in [0.1, 0.15) is 59.8 Å². The highest BCUT2D eigenvalue weighted by Gasteiger charge is 2.24. The molecule has 2 heteroatoms. The van der Waals surface area contributed by atoms with Gasteiger partial charge in [0, 0.05) is 12.6 Å². The maximum atomic E-state index is 10.0. The monoisotopic (exact) mass is 227 g/mol. The Balaban J connectivity index is 2.35. The minimum absolute atomic E-state index is 0.0229. The lowest BCUT2D eigenvalue weighted by Gasteiger charge is -2.31. The molecule has 1 heterocycles. The molecule has 0 aromatic heterocycles. The highest BCUT2D eigenvalue weighted by Crippen LogP contribution is 2.23. The van der Waals surface area contributed by atoms with Crippen LogP contribution in [0.15, 0.2) is 0 Å². The van der Waals surface area contributed by atoms with Crippen molar-refractivity contribution >= 4 is 0 Å². The Hall–Kier alpha value is -0.0800. The third kappa shape index (κ3) is 4.42. The molecule has 0 aromatic carbocycles. The molecule has 96 valence electrons. The molecule has 0 aromatic rings. The molecule has 0 amide bonds. The van der Waals surface area contributed by atoms with Crippen molar-refractivity contribution in [2.24, 2.45) is 5.41 Å². The van der Waals surface area contributed by atoms with Crippen molar-refractivity contribution in [1.29, 1.82) is 0 Å². The molecule has 1 aliphatic rings. The first-order chi connectivity index (χ1) is 7.41. The molecule has 0 spiro atoms. The maximum Gasteiger partial charge on any atom is 0.0600 e. The van der Waals surface area contributed by atoms with E-state index in [0.29, 0.717) is 6.04 Å². The van der Waals surface area contributed by atoms with Crippen LogP contribution in [-0.4, -0.2) is 35.2 Å². The predicted molar refractivity (Wildman–Crippen MR) is 69.6 cm³/mol. The molecule has 2 atom stereocenters. The van der Waals surface area contributed by atoms with Crippen molar-refractivity contribution in [2.75, 3.05) is 13.1 Å². The molecule has 1 fully saturated rings. The lowest BCUT2D eigenvalue weighted by atomic mass is 9.87. The van der Waals surface area contributed by atoms with Crippen molar-refractivity contribution < 1.29 is 5.11 Å². The molecular weight excluding hydrogens is 198 g/mol. The summed E-state index contributed by atoms with van der Waals surface area (Å²) in [6, 6.07) is 0.703. The van der Waals surface area contributed by atoms with Gasteiger partial charge in [-0.05, 0) is 38.1 Å². The summed E-state index contributed by atoms with van der Waals surface area (Å²) >= 11 is 0. The number of hydrogen-bond acceptors (Lipinski definition) is 2. The van der Waals surface area contributed by atoms with E-state index in [1.807, 2.05) is 0 Å². The van der Waals surface area contributed by atoms with E-state index < -0.39 is 0 Å². The highest BCUT2D eigenvalue weighted by molar-refractivity contribution is 4.77. The largest absolute Gasteiger partial charge is 0.393 e. The zero-order chi connectivity index (χ0) is 12.2. The van der Waals surface area contributed by atoms with E-state index in [9.17, 15) is 5.11 Å². The second kappa shape index (κ2) is 6.02. The van der Waals surface area contributed by atoms with E-state index >= 15 is 0 Å². The minimum Gasteiger partial charge on any atom is -0.393 e.